The van der Waals surface area contributed by atoms with E-state index in [4.69, 9.17) is 9.47 Å². The first-order valence-corrected chi connectivity index (χ1v) is 7.23. The Labute approximate surface area is 131 Å². The Morgan fingerprint density at radius 1 is 1.24 bits per heavy atom. The van der Waals surface area contributed by atoms with Crippen molar-refractivity contribution >= 4 is 38.7 Å². The van der Waals surface area contributed by atoms with Crippen LogP contribution in [0.15, 0.2) is 28.7 Å². The van der Waals surface area contributed by atoms with Crippen LogP contribution in [0.4, 0.5) is 10.6 Å². The zero-order valence-corrected chi connectivity index (χ0v) is 13.9. The number of hydrogen-bond donors (Lipinski definition) is 1. The van der Waals surface area contributed by atoms with Gasteiger partial charge in [0.1, 0.15) is 22.7 Å². The Balaban J connectivity index is 2.32. The first-order valence-electron chi connectivity index (χ1n) is 6.43. The molecule has 112 valence electrons. The minimum Gasteiger partial charge on any atom is -0.494 e. The monoisotopic (exact) mass is 352 g/mol. The van der Waals surface area contributed by atoms with Crippen LogP contribution < -0.4 is 10.1 Å². The second-order valence-electron chi connectivity index (χ2n) is 5.47. The van der Waals surface area contributed by atoms with Gasteiger partial charge in [0, 0.05) is 9.86 Å². The number of halogens is 1. The average molecular weight is 353 g/mol. The van der Waals surface area contributed by atoms with Gasteiger partial charge in [-0.3, -0.25) is 5.32 Å². The summed E-state index contributed by atoms with van der Waals surface area (Å²) in [7, 11) is 1.58. The highest BCUT2D eigenvalue weighted by molar-refractivity contribution is 9.10. The number of ether oxygens (including phenoxy) is 2. The number of methoxy groups -OCH3 is 1. The van der Waals surface area contributed by atoms with Crippen LogP contribution in [-0.4, -0.2) is 23.8 Å². The van der Waals surface area contributed by atoms with E-state index in [9.17, 15) is 4.79 Å². The molecule has 0 saturated heterocycles. The summed E-state index contributed by atoms with van der Waals surface area (Å²) in [5.41, 5.74) is 0.113. The summed E-state index contributed by atoms with van der Waals surface area (Å²) in [6.07, 6.45) is -0.539. The molecule has 0 aliphatic rings. The SMILES string of the molecule is COc1ccc(Br)c2ccc(NC(=O)OC(C)(C)C)nc12. The third-order valence-electron chi connectivity index (χ3n) is 2.62. The van der Waals surface area contributed by atoms with Crippen molar-refractivity contribution < 1.29 is 14.3 Å². The van der Waals surface area contributed by atoms with Gasteiger partial charge in [0.05, 0.1) is 7.11 Å². The number of aromatic nitrogens is 1. The number of benzene rings is 1. The number of fused-ring (bicyclic) bond motifs is 1. The molecule has 0 saturated carbocycles. The molecule has 0 spiro atoms. The van der Waals surface area contributed by atoms with E-state index in [0.717, 1.165) is 9.86 Å². The summed E-state index contributed by atoms with van der Waals surface area (Å²) >= 11 is 3.47. The Morgan fingerprint density at radius 3 is 2.57 bits per heavy atom. The summed E-state index contributed by atoms with van der Waals surface area (Å²) in [6.45, 7) is 5.42. The lowest BCUT2D eigenvalue weighted by Gasteiger charge is -2.19. The zero-order valence-electron chi connectivity index (χ0n) is 12.4. The minimum absolute atomic E-state index is 0.410. The molecule has 21 heavy (non-hydrogen) atoms. The van der Waals surface area contributed by atoms with Gasteiger partial charge in [0.25, 0.3) is 0 Å². The highest BCUT2D eigenvalue weighted by Gasteiger charge is 2.17. The second-order valence-corrected chi connectivity index (χ2v) is 6.32. The van der Waals surface area contributed by atoms with E-state index in [-0.39, 0.29) is 0 Å². The fourth-order valence-electron chi connectivity index (χ4n) is 1.80. The number of pyridine rings is 1. The first kappa shape index (κ1) is 15.6. The number of amides is 1. The molecule has 2 rings (SSSR count). The highest BCUT2D eigenvalue weighted by atomic mass is 79.9. The van der Waals surface area contributed by atoms with Crippen LogP contribution in [0.3, 0.4) is 0 Å². The van der Waals surface area contributed by atoms with Gasteiger partial charge in [0.15, 0.2) is 0 Å². The lowest BCUT2D eigenvalue weighted by Crippen LogP contribution is -2.27. The van der Waals surface area contributed by atoms with E-state index >= 15 is 0 Å². The number of hydrogen-bond acceptors (Lipinski definition) is 4. The molecule has 0 atom stereocenters. The molecule has 1 amide bonds. The topological polar surface area (TPSA) is 60.5 Å². The Bertz CT molecular complexity index is 680. The van der Waals surface area contributed by atoms with Crippen LogP contribution in [-0.2, 0) is 4.74 Å². The number of rotatable bonds is 2. The van der Waals surface area contributed by atoms with Gasteiger partial charge < -0.3 is 9.47 Å². The summed E-state index contributed by atoms with van der Waals surface area (Å²) < 4.78 is 11.4. The predicted octanol–water partition coefficient (Wildman–Crippen LogP) is 4.35. The van der Waals surface area contributed by atoms with E-state index in [1.165, 1.54) is 0 Å². The van der Waals surface area contributed by atoms with Crippen LogP contribution in [0.25, 0.3) is 10.9 Å². The van der Waals surface area contributed by atoms with Crippen LogP contribution in [0.5, 0.6) is 5.75 Å². The van der Waals surface area contributed by atoms with E-state index in [1.54, 1.807) is 33.9 Å². The number of carbonyl (C=O) groups excluding carboxylic acids is 1. The maximum Gasteiger partial charge on any atom is 0.413 e. The maximum absolute atomic E-state index is 11.8. The number of nitrogens with zero attached hydrogens (tertiary/aromatic N) is 1. The number of nitrogens with one attached hydrogen (secondary N) is 1. The van der Waals surface area contributed by atoms with Gasteiger partial charge in [-0.2, -0.15) is 0 Å². The lowest BCUT2D eigenvalue weighted by atomic mass is 10.2. The lowest BCUT2D eigenvalue weighted by molar-refractivity contribution is 0.0635. The predicted molar refractivity (Wildman–Crippen MR) is 85.9 cm³/mol. The molecule has 0 fully saturated rings. The van der Waals surface area contributed by atoms with Gasteiger partial charge >= 0.3 is 6.09 Å². The van der Waals surface area contributed by atoms with Crippen molar-refractivity contribution in [2.24, 2.45) is 0 Å². The molecule has 0 aliphatic carbocycles. The summed E-state index contributed by atoms with van der Waals surface area (Å²) in [4.78, 5) is 16.2. The molecular weight excluding hydrogens is 336 g/mol. The highest BCUT2D eigenvalue weighted by Crippen LogP contribution is 2.31. The standard InChI is InChI=1S/C15H17BrN2O3/c1-15(2,3)21-14(19)18-12-8-5-9-10(16)6-7-11(20-4)13(9)17-12/h5-8H,1-4H3,(H,17,18,19). The summed E-state index contributed by atoms with van der Waals surface area (Å²) in [5.74, 6) is 1.05. The summed E-state index contributed by atoms with van der Waals surface area (Å²) in [5, 5.41) is 3.52. The van der Waals surface area contributed by atoms with Gasteiger partial charge in [-0.05, 0) is 45.0 Å². The van der Waals surface area contributed by atoms with Crippen LogP contribution in [0.2, 0.25) is 0 Å². The quantitative estimate of drug-likeness (QED) is 0.872. The van der Waals surface area contributed by atoms with E-state index in [1.807, 2.05) is 18.2 Å². The molecule has 0 aliphatic heterocycles. The molecule has 5 nitrogen and oxygen atoms in total. The van der Waals surface area contributed by atoms with Crippen molar-refractivity contribution in [3.05, 3.63) is 28.7 Å². The van der Waals surface area contributed by atoms with Crippen LogP contribution in [0, 0.1) is 0 Å². The first-order chi connectivity index (χ1) is 9.80. The molecule has 6 heteroatoms. The van der Waals surface area contributed by atoms with E-state index in [0.29, 0.717) is 17.1 Å². The largest absolute Gasteiger partial charge is 0.494 e. The Kier molecular flexibility index (Phi) is 4.37. The van der Waals surface area contributed by atoms with Crippen molar-refractivity contribution in [1.29, 1.82) is 0 Å². The molecule has 0 radical (unpaired) electrons. The molecule has 0 unspecified atom stereocenters. The van der Waals surface area contributed by atoms with Crippen molar-refractivity contribution in [2.45, 2.75) is 26.4 Å². The molecular formula is C15H17BrN2O3. The summed E-state index contributed by atoms with van der Waals surface area (Å²) in [6, 6.07) is 7.29. The zero-order chi connectivity index (χ0) is 15.6. The molecule has 0 bridgehead atoms. The van der Waals surface area contributed by atoms with Gasteiger partial charge in [-0.15, -0.1) is 0 Å². The molecule has 1 heterocycles. The van der Waals surface area contributed by atoms with Crippen LogP contribution >= 0.6 is 15.9 Å². The Hall–Kier alpha value is -1.82. The Morgan fingerprint density at radius 2 is 1.95 bits per heavy atom. The fourth-order valence-corrected chi connectivity index (χ4v) is 2.25. The van der Waals surface area contributed by atoms with Crippen molar-refractivity contribution in [2.75, 3.05) is 12.4 Å². The fraction of sp³-hybridized carbons (Fsp3) is 0.333. The smallest absolute Gasteiger partial charge is 0.413 e. The van der Waals surface area contributed by atoms with Crippen molar-refractivity contribution in [1.82, 2.24) is 4.98 Å². The van der Waals surface area contributed by atoms with Crippen molar-refractivity contribution in [3.8, 4) is 5.75 Å². The number of anilines is 1. The minimum atomic E-state index is -0.554. The van der Waals surface area contributed by atoms with Crippen LogP contribution in [0.1, 0.15) is 20.8 Å². The van der Waals surface area contributed by atoms with Gasteiger partial charge in [-0.25, -0.2) is 9.78 Å². The van der Waals surface area contributed by atoms with Crippen molar-refractivity contribution in [3.63, 3.8) is 0 Å². The third kappa shape index (κ3) is 3.85. The van der Waals surface area contributed by atoms with E-state index < -0.39 is 11.7 Å². The molecule has 1 N–H and O–H groups in total. The molecule has 1 aromatic carbocycles. The molecule has 1 aromatic heterocycles. The van der Waals surface area contributed by atoms with E-state index in [2.05, 4.69) is 26.2 Å². The van der Waals surface area contributed by atoms with Gasteiger partial charge in [-0.1, -0.05) is 15.9 Å². The molecule has 2 aromatic rings. The second kappa shape index (κ2) is 5.89. The maximum atomic E-state index is 11.8. The van der Waals surface area contributed by atoms with Gasteiger partial charge in [0.2, 0.25) is 0 Å². The third-order valence-corrected chi connectivity index (χ3v) is 3.31. The number of carbonyl (C=O) groups is 1. The average Bonchev–Trinajstić information content (AvgIpc) is 2.37. The normalized spacial score (nSPS) is 11.3.